The molecule has 0 aliphatic carbocycles. The monoisotopic (exact) mass is 576 g/mol. The summed E-state index contributed by atoms with van der Waals surface area (Å²) in [6.45, 7) is -0.568. The van der Waals surface area contributed by atoms with E-state index in [1.54, 1.807) is 36.4 Å². The van der Waals surface area contributed by atoms with Gasteiger partial charge in [0.25, 0.3) is 5.56 Å². The predicted molar refractivity (Wildman–Crippen MR) is 143 cm³/mol. The first-order valence-corrected chi connectivity index (χ1v) is 11.9. The summed E-state index contributed by atoms with van der Waals surface area (Å²) >= 11 is 3.24. The zero-order valence-electron chi connectivity index (χ0n) is 19.7. The lowest BCUT2D eigenvalue weighted by Gasteiger charge is -2.10. The Hall–Kier alpha value is -4.84. The number of carbonyl (C=O) groups excluding carboxylic acids is 1. The molecule has 38 heavy (non-hydrogen) atoms. The number of esters is 1. The standard InChI is InChI=1S/C26H17BrN4O7/c1-36-23(32)14-37-24-16(10-17(27)12-20(24)31(34)35)13-28-30-25(22-11-15-6-2-5-9-21(15)38-22)29-19-8-4-3-7-18(19)26(30)33/h2-13H,14H2,1H3. The number of hydrogen-bond donors (Lipinski definition) is 0. The largest absolute Gasteiger partial charge is 0.474 e. The number of furan rings is 1. The number of rotatable bonds is 7. The van der Waals surface area contributed by atoms with E-state index in [1.807, 2.05) is 18.2 Å². The molecule has 3 aromatic carbocycles. The van der Waals surface area contributed by atoms with Gasteiger partial charge >= 0.3 is 11.7 Å². The van der Waals surface area contributed by atoms with Crippen molar-refractivity contribution < 1.29 is 23.6 Å². The van der Waals surface area contributed by atoms with E-state index in [0.717, 1.165) is 10.1 Å². The Bertz CT molecular complexity index is 1780. The van der Waals surface area contributed by atoms with Crippen molar-refractivity contribution >= 4 is 55.7 Å². The number of hydrogen-bond acceptors (Lipinski definition) is 9. The molecule has 0 amide bonds. The van der Waals surface area contributed by atoms with Gasteiger partial charge in [-0.05, 0) is 30.3 Å². The molecule has 190 valence electrons. The van der Waals surface area contributed by atoms with E-state index >= 15 is 0 Å². The van der Waals surface area contributed by atoms with E-state index in [2.05, 4.69) is 30.8 Å². The first-order valence-electron chi connectivity index (χ1n) is 11.1. The Morgan fingerprint density at radius 1 is 1.18 bits per heavy atom. The molecule has 0 spiro atoms. The second-order valence-electron chi connectivity index (χ2n) is 7.93. The number of methoxy groups -OCH3 is 1. The average molecular weight is 577 g/mol. The number of halogens is 1. The normalized spacial score (nSPS) is 11.3. The second-order valence-corrected chi connectivity index (χ2v) is 8.84. The number of benzene rings is 3. The molecule has 12 heteroatoms. The van der Waals surface area contributed by atoms with Gasteiger partial charge in [-0.3, -0.25) is 14.9 Å². The SMILES string of the molecule is COC(=O)COc1c(C=Nn2c(-c3cc4ccccc4o3)nc3ccccc3c2=O)cc(Br)cc1[N+](=O)[O-]. The van der Waals surface area contributed by atoms with Crippen LogP contribution in [0.3, 0.4) is 0 Å². The zero-order chi connectivity index (χ0) is 26.8. The molecule has 2 heterocycles. The summed E-state index contributed by atoms with van der Waals surface area (Å²) in [6, 6.07) is 18.6. The van der Waals surface area contributed by atoms with E-state index in [0.29, 0.717) is 26.7 Å². The fraction of sp³-hybridized carbons (Fsp3) is 0.0769. The molecular formula is C26H17BrN4O7. The third-order valence-corrected chi connectivity index (χ3v) is 5.99. The maximum absolute atomic E-state index is 13.5. The highest BCUT2D eigenvalue weighted by Gasteiger charge is 2.22. The summed E-state index contributed by atoms with van der Waals surface area (Å²) in [5.74, 6) is -0.525. The van der Waals surface area contributed by atoms with Crippen LogP contribution in [0.25, 0.3) is 33.5 Å². The molecule has 5 aromatic rings. The van der Waals surface area contributed by atoms with Crippen molar-refractivity contribution in [2.45, 2.75) is 0 Å². The molecule has 0 N–H and O–H groups in total. The lowest BCUT2D eigenvalue weighted by atomic mass is 10.2. The van der Waals surface area contributed by atoms with Crippen LogP contribution < -0.4 is 10.3 Å². The second kappa shape index (κ2) is 10.3. The van der Waals surface area contributed by atoms with Crippen LogP contribution in [0.15, 0.2) is 85.5 Å². The quantitative estimate of drug-likeness (QED) is 0.115. The molecule has 0 fully saturated rings. The van der Waals surface area contributed by atoms with E-state index in [9.17, 15) is 19.7 Å². The van der Waals surface area contributed by atoms with Gasteiger partial charge in [-0.2, -0.15) is 9.78 Å². The fourth-order valence-corrected chi connectivity index (χ4v) is 4.24. The highest BCUT2D eigenvalue weighted by Crippen LogP contribution is 2.34. The Morgan fingerprint density at radius 3 is 2.71 bits per heavy atom. The molecule has 5 rings (SSSR count). The summed E-state index contributed by atoms with van der Waals surface area (Å²) in [7, 11) is 1.17. The smallest absolute Gasteiger partial charge is 0.343 e. The van der Waals surface area contributed by atoms with Gasteiger partial charge in [0.15, 0.2) is 12.4 Å². The van der Waals surface area contributed by atoms with Gasteiger partial charge in [0.1, 0.15) is 5.58 Å². The van der Waals surface area contributed by atoms with Crippen molar-refractivity contribution in [1.29, 1.82) is 0 Å². The molecule has 0 bridgehead atoms. The molecule has 0 radical (unpaired) electrons. The number of nitro benzene ring substituents is 1. The van der Waals surface area contributed by atoms with E-state index in [1.165, 1.54) is 25.5 Å². The molecular weight excluding hydrogens is 560 g/mol. The van der Waals surface area contributed by atoms with Crippen LogP contribution >= 0.6 is 15.9 Å². The lowest BCUT2D eigenvalue weighted by Crippen LogP contribution is -2.20. The minimum absolute atomic E-state index is 0.127. The summed E-state index contributed by atoms with van der Waals surface area (Å²) in [4.78, 5) is 40.8. The molecule has 0 aliphatic heterocycles. The van der Waals surface area contributed by atoms with Crippen molar-refractivity contribution in [2.75, 3.05) is 13.7 Å². The van der Waals surface area contributed by atoms with Crippen molar-refractivity contribution in [1.82, 2.24) is 9.66 Å². The Labute approximate surface area is 222 Å². The number of fused-ring (bicyclic) bond motifs is 2. The van der Waals surface area contributed by atoms with E-state index in [4.69, 9.17) is 9.15 Å². The Morgan fingerprint density at radius 2 is 1.95 bits per heavy atom. The number of para-hydroxylation sites is 2. The molecule has 0 saturated heterocycles. The van der Waals surface area contributed by atoms with Crippen molar-refractivity contribution in [2.24, 2.45) is 5.10 Å². The topological polar surface area (TPSA) is 139 Å². The van der Waals surface area contributed by atoms with Crippen molar-refractivity contribution in [3.05, 3.63) is 97.2 Å². The third kappa shape index (κ3) is 4.76. The van der Waals surface area contributed by atoms with Gasteiger partial charge in [0, 0.05) is 21.5 Å². The van der Waals surface area contributed by atoms with Gasteiger partial charge < -0.3 is 13.9 Å². The Kier molecular flexibility index (Phi) is 6.71. The maximum Gasteiger partial charge on any atom is 0.343 e. The van der Waals surface area contributed by atoms with E-state index in [-0.39, 0.29) is 17.1 Å². The zero-order valence-corrected chi connectivity index (χ0v) is 21.2. The van der Waals surface area contributed by atoms with E-state index < -0.39 is 28.7 Å². The van der Waals surface area contributed by atoms with Crippen molar-refractivity contribution in [3.63, 3.8) is 0 Å². The highest BCUT2D eigenvalue weighted by atomic mass is 79.9. The summed E-state index contributed by atoms with van der Waals surface area (Å²) in [6.07, 6.45) is 1.22. The predicted octanol–water partition coefficient (Wildman–Crippen LogP) is 4.91. The van der Waals surface area contributed by atoms with Crippen LogP contribution in [0.4, 0.5) is 5.69 Å². The summed E-state index contributed by atoms with van der Waals surface area (Å²) in [5, 5.41) is 17.2. The molecule has 0 atom stereocenters. The maximum atomic E-state index is 13.5. The number of carbonyl (C=O) groups is 1. The van der Waals surface area contributed by atoms with Crippen LogP contribution in [0.5, 0.6) is 5.75 Å². The van der Waals surface area contributed by atoms with Crippen LogP contribution in [0.1, 0.15) is 5.56 Å². The van der Waals surface area contributed by atoms with Crippen LogP contribution in [-0.4, -0.2) is 40.5 Å². The number of nitro groups is 1. The van der Waals surface area contributed by atoms with Crippen molar-refractivity contribution in [3.8, 4) is 17.3 Å². The summed E-state index contributed by atoms with van der Waals surface area (Å²) in [5.41, 5.74) is 0.279. The molecule has 0 aliphatic rings. The first kappa shape index (κ1) is 24.8. The van der Waals surface area contributed by atoms with Crippen LogP contribution in [-0.2, 0) is 9.53 Å². The van der Waals surface area contributed by atoms with Crippen LogP contribution in [0, 0.1) is 10.1 Å². The molecule has 11 nitrogen and oxygen atoms in total. The van der Waals surface area contributed by atoms with Gasteiger partial charge in [-0.25, -0.2) is 9.78 Å². The van der Waals surface area contributed by atoms with Gasteiger partial charge in [-0.1, -0.05) is 46.3 Å². The number of ether oxygens (including phenoxy) is 2. The molecule has 0 unspecified atom stereocenters. The highest BCUT2D eigenvalue weighted by molar-refractivity contribution is 9.10. The van der Waals surface area contributed by atoms with Crippen LogP contribution in [0.2, 0.25) is 0 Å². The first-order chi connectivity index (χ1) is 18.4. The third-order valence-electron chi connectivity index (χ3n) is 5.53. The Balaban J connectivity index is 1.70. The van der Waals surface area contributed by atoms with Gasteiger partial charge in [-0.15, -0.1) is 0 Å². The fourth-order valence-electron chi connectivity index (χ4n) is 3.78. The minimum Gasteiger partial charge on any atom is -0.474 e. The molecule has 2 aromatic heterocycles. The average Bonchev–Trinajstić information content (AvgIpc) is 3.35. The number of aromatic nitrogens is 2. The number of nitrogens with zero attached hydrogens (tertiary/aromatic N) is 4. The minimum atomic E-state index is -0.729. The lowest BCUT2D eigenvalue weighted by molar-refractivity contribution is -0.385. The summed E-state index contributed by atoms with van der Waals surface area (Å²) < 4.78 is 17.4. The molecule has 0 saturated carbocycles. The van der Waals surface area contributed by atoms with Gasteiger partial charge in [0.05, 0.1) is 29.2 Å². The van der Waals surface area contributed by atoms with Gasteiger partial charge in [0.2, 0.25) is 11.6 Å².